The van der Waals surface area contributed by atoms with Crippen molar-refractivity contribution >= 4 is 21.6 Å². The van der Waals surface area contributed by atoms with Gasteiger partial charge in [0.05, 0.1) is 17.6 Å². The van der Waals surface area contributed by atoms with Crippen LogP contribution >= 0.6 is 0 Å². The van der Waals surface area contributed by atoms with Crippen LogP contribution in [0.3, 0.4) is 0 Å². The normalized spacial score (nSPS) is 14.2. The van der Waals surface area contributed by atoms with E-state index in [1.54, 1.807) is 0 Å². The summed E-state index contributed by atoms with van der Waals surface area (Å²) in [7, 11) is -1.94. The molecule has 5 heteroatoms. The molecule has 0 aromatic rings. The summed E-state index contributed by atoms with van der Waals surface area (Å²) in [5.41, 5.74) is 0. The maximum atomic E-state index is 11.9. The zero-order chi connectivity index (χ0) is 18.0. The molecule has 1 N–H and O–H groups in total. The lowest BCUT2D eigenvalue weighted by Crippen LogP contribution is -2.25. The smallest absolute Gasteiger partial charge is 0.0770 e. The second-order valence-electron chi connectivity index (χ2n) is 6.81. The van der Waals surface area contributed by atoms with Crippen LogP contribution in [0.2, 0.25) is 0 Å². The minimum atomic E-state index is -0.969. The predicted molar refractivity (Wildman–Crippen MR) is 109 cm³/mol. The largest absolute Gasteiger partial charge is 0.391 e. The van der Waals surface area contributed by atoms with E-state index in [0.29, 0.717) is 11.5 Å². The van der Waals surface area contributed by atoms with Gasteiger partial charge in [-0.2, -0.15) is 0 Å². The monoisotopic (exact) mass is 380 g/mol. The molecule has 146 valence electrons. The van der Waals surface area contributed by atoms with E-state index < -0.39 is 27.7 Å². The fourth-order valence-electron chi connectivity index (χ4n) is 2.73. The average Bonchev–Trinajstić information content (AvgIpc) is 2.53. The van der Waals surface area contributed by atoms with Crippen LogP contribution < -0.4 is 0 Å². The molecule has 0 saturated heterocycles. The second kappa shape index (κ2) is 18.1. The van der Waals surface area contributed by atoms with Crippen molar-refractivity contribution in [2.45, 2.75) is 97.0 Å². The molecule has 0 amide bonds. The first-order valence-corrected chi connectivity index (χ1v) is 13.0. The van der Waals surface area contributed by atoms with Crippen LogP contribution in [0, 0.1) is 0 Å². The molecule has 0 aromatic heterocycles. The van der Waals surface area contributed by atoms with Gasteiger partial charge in [0.15, 0.2) is 0 Å². The Labute approximate surface area is 155 Å². The molecule has 0 unspecified atom stereocenters. The molecule has 0 rings (SSSR count). The Kier molecular flexibility index (Phi) is 18.3. The van der Waals surface area contributed by atoms with E-state index in [0.717, 1.165) is 25.7 Å². The topological polar surface area (TPSA) is 54.4 Å². The summed E-state index contributed by atoms with van der Waals surface area (Å²) in [6, 6.07) is 0. The van der Waals surface area contributed by atoms with Crippen LogP contribution in [0.1, 0.15) is 90.9 Å². The molecule has 0 aliphatic rings. The van der Waals surface area contributed by atoms with E-state index in [1.807, 2.05) is 0 Å². The Hall–Kier alpha value is 0.260. The van der Waals surface area contributed by atoms with E-state index >= 15 is 0 Å². The Bertz CT molecular complexity index is 292. The van der Waals surface area contributed by atoms with E-state index in [1.165, 1.54) is 51.4 Å². The minimum Gasteiger partial charge on any atom is -0.391 e. The van der Waals surface area contributed by atoms with Gasteiger partial charge in [-0.3, -0.25) is 8.42 Å². The van der Waals surface area contributed by atoms with Gasteiger partial charge in [0, 0.05) is 33.1 Å². The summed E-state index contributed by atoms with van der Waals surface area (Å²) in [6.45, 7) is 4.40. The number of rotatable bonds is 18. The first kappa shape index (κ1) is 24.3. The fourth-order valence-corrected chi connectivity index (χ4v) is 5.36. The van der Waals surface area contributed by atoms with Crippen LogP contribution in [-0.2, 0) is 21.6 Å². The molecule has 0 aliphatic heterocycles. The molecule has 0 aromatic carbocycles. The van der Waals surface area contributed by atoms with Crippen molar-refractivity contribution in [3.63, 3.8) is 0 Å². The lowest BCUT2D eigenvalue weighted by atomic mass is 10.1. The van der Waals surface area contributed by atoms with Crippen molar-refractivity contribution in [3.05, 3.63) is 0 Å². The zero-order valence-corrected chi connectivity index (χ0v) is 17.6. The van der Waals surface area contributed by atoms with Crippen LogP contribution in [0.5, 0.6) is 0 Å². The van der Waals surface area contributed by atoms with Crippen LogP contribution in [0.4, 0.5) is 0 Å². The maximum Gasteiger partial charge on any atom is 0.0770 e. The third kappa shape index (κ3) is 17.1. The molecular formula is C19H40O3S2. The van der Waals surface area contributed by atoms with Gasteiger partial charge in [0.1, 0.15) is 0 Å². The first-order chi connectivity index (χ1) is 11.6. The molecular weight excluding hydrogens is 340 g/mol. The molecule has 0 fully saturated rings. The standard InChI is InChI=1S/C19H40O3S2/c1-3-5-7-9-11-13-15-23(21)17-19(20)18-24(22)16-14-12-10-8-6-4-2/h19-20H,3-18H2,1-2H3/t23-,24-/m0/s1. The third-order valence-corrected chi connectivity index (χ3v) is 7.21. The van der Waals surface area contributed by atoms with Crippen molar-refractivity contribution in [1.29, 1.82) is 0 Å². The highest BCUT2D eigenvalue weighted by Crippen LogP contribution is 2.08. The van der Waals surface area contributed by atoms with Gasteiger partial charge in [0.2, 0.25) is 0 Å². The lowest BCUT2D eigenvalue weighted by molar-refractivity contribution is 0.223. The van der Waals surface area contributed by atoms with Crippen LogP contribution in [0.25, 0.3) is 0 Å². The second-order valence-corrected chi connectivity index (χ2v) is 10.1. The number of hydrogen-bond donors (Lipinski definition) is 1. The Morgan fingerprint density at radius 2 is 0.958 bits per heavy atom. The van der Waals surface area contributed by atoms with Crippen molar-refractivity contribution in [1.82, 2.24) is 0 Å². The number of unbranched alkanes of at least 4 members (excludes halogenated alkanes) is 10. The van der Waals surface area contributed by atoms with Gasteiger partial charge < -0.3 is 5.11 Å². The van der Waals surface area contributed by atoms with Crippen LogP contribution in [-0.4, -0.2) is 42.6 Å². The van der Waals surface area contributed by atoms with Gasteiger partial charge >= 0.3 is 0 Å². The van der Waals surface area contributed by atoms with Gasteiger partial charge in [-0.25, -0.2) is 0 Å². The van der Waals surface area contributed by atoms with E-state index in [9.17, 15) is 13.5 Å². The maximum absolute atomic E-state index is 11.9. The Morgan fingerprint density at radius 1 is 0.625 bits per heavy atom. The zero-order valence-electron chi connectivity index (χ0n) is 16.0. The van der Waals surface area contributed by atoms with Crippen molar-refractivity contribution in [2.24, 2.45) is 0 Å². The number of aliphatic hydroxyl groups excluding tert-OH is 1. The highest BCUT2D eigenvalue weighted by Gasteiger charge is 2.13. The van der Waals surface area contributed by atoms with E-state index in [2.05, 4.69) is 13.8 Å². The predicted octanol–water partition coefficient (Wildman–Crippen LogP) is 4.57. The van der Waals surface area contributed by atoms with Crippen molar-refractivity contribution < 1.29 is 13.5 Å². The van der Waals surface area contributed by atoms with Gasteiger partial charge in [-0.05, 0) is 12.8 Å². The summed E-state index contributed by atoms with van der Waals surface area (Å²) in [4.78, 5) is 0. The average molecular weight is 381 g/mol. The molecule has 24 heavy (non-hydrogen) atoms. The van der Waals surface area contributed by atoms with Crippen molar-refractivity contribution in [3.8, 4) is 0 Å². The first-order valence-electron chi connectivity index (χ1n) is 9.98. The molecule has 3 nitrogen and oxygen atoms in total. The fraction of sp³-hybridized carbons (Fsp3) is 1.00. The SMILES string of the molecule is CCCCCCCC[S@](=O)CC(O)C[S@@](=O)CCCCCCCC. The highest BCUT2D eigenvalue weighted by molar-refractivity contribution is 7.86. The summed E-state index contributed by atoms with van der Waals surface area (Å²) in [5, 5.41) is 9.95. The van der Waals surface area contributed by atoms with E-state index in [-0.39, 0.29) is 11.5 Å². The minimum absolute atomic E-state index is 0.289. The third-order valence-electron chi connectivity index (χ3n) is 4.21. The summed E-state index contributed by atoms with van der Waals surface area (Å²) >= 11 is 0. The van der Waals surface area contributed by atoms with Gasteiger partial charge in [0.25, 0.3) is 0 Å². The van der Waals surface area contributed by atoms with Crippen LogP contribution in [0.15, 0.2) is 0 Å². The Balaban J connectivity index is 3.56. The molecule has 0 radical (unpaired) electrons. The van der Waals surface area contributed by atoms with Gasteiger partial charge in [-0.1, -0.05) is 78.1 Å². The molecule has 2 atom stereocenters. The van der Waals surface area contributed by atoms with E-state index in [4.69, 9.17) is 0 Å². The molecule has 0 saturated carbocycles. The Morgan fingerprint density at radius 3 is 1.33 bits per heavy atom. The number of hydrogen-bond acceptors (Lipinski definition) is 3. The molecule has 0 aliphatic carbocycles. The molecule has 0 heterocycles. The quantitative estimate of drug-likeness (QED) is 0.354. The molecule has 0 spiro atoms. The summed E-state index contributed by atoms with van der Waals surface area (Å²) in [5.74, 6) is 1.93. The van der Waals surface area contributed by atoms with Crippen molar-refractivity contribution in [2.75, 3.05) is 23.0 Å². The lowest BCUT2D eigenvalue weighted by Gasteiger charge is -2.10. The summed E-state index contributed by atoms with van der Waals surface area (Å²) < 4.78 is 23.9. The molecule has 0 bridgehead atoms. The highest BCUT2D eigenvalue weighted by atomic mass is 32.2. The van der Waals surface area contributed by atoms with Gasteiger partial charge in [-0.15, -0.1) is 0 Å². The number of aliphatic hydroxyl groups is 1. The summed E-state index contributed by atoms with van der Waals surface area (Å²) in [6.07, 6.45) is 13.6.